The van der Waals surface area contributed by atoms with Crippen LogP contribution in [0.5, 0.6) is 0 Å². The van der Waals surface area contributed by atoms with Crippen molar-refractivity contribution < 1.29 is 4.39 Å². The highest BCUT2D eigenvalue weighted by Gasteiger charge is 2.15. The molecule has 94 valence electrons. The van der Waals surface area contributed by atoms with E-state index in [2.05, 4.69) is 15.3 Å². The summed E-state index contributed by atoms with van der Waals surface area (Å²) in [6.45, 7) is 2.80. The maximum Gasteiger partial charge on any atom is 0.146 e. The van der Waals surface area contributed by atoms with Crippen LogP contribution in [0, 0.1) is 5.82 Å². The predicted molar refractivity (Wildman–Crippen MR) is 68.6 cm³/mol. The molecule has 0 spiro atoms. The van der Waals surface area contributed by atoms with Crippen molar-refractivity contribution in [2.75, 3.05) is 6.54 Å². The van der Waals surface area contributed by atoms with E-state index in [0.717, 1.165) is 18.5 Å². The summed E-state index contributed by atoms with van der Waals surface area (Å²) in [6, 6.07) is 5.58. The molecule has 4 heteroatoms. The molecule has 3 nitrogen and oxygen atoms in total. The van der Waals surface area contributed by atoms with Gasteiger partial charge in [-0.15, -0.1) is 0 Å². The number of aromatic nitrogens is 2. The molecule has 0 saturated carbocycles. The van der Waals surface area contributed by atoms with Crippen molar-refractivity contribution >= 4 is 0 Å². The Kier molecular flexibility index (Phi) is 4.36. The van der Waals surface area contributed by atoms with Crippen LogP contribution in [0.1, 0.15) is 24.1 Å². The van der Waals surface area contributed by atoms with E-state index in [1.165, 1.54) is 6.20 Å². The van der Waals surface area contributed by atoms with Crippen LogP contribution in [-0.2, 0) is 6.42 Å². The zero-order chi connectivity index (χ0) is 12.8. The normalized spacial score (nSPS) is 12.3. The van der Waals surface area contributed by atoms with E-state index in [1.54, 1.807) is 24.7 Å². The quantitative estimate of drug-likeness (QED) is 0.879. The summed E-state index contributed by atoms with van der Waals surface area (Å²) in [5.41, 5.74) is 1.79. The van der Waals surface area contributed by atoms with Gasteiger partial charge in [-0.2, -0.15) is 0 Å². The summed E-state index contributed by atoms with van der Waals surface area (Å²) in [5.74, 6) is -0.266. The van der Waals surface area contributed by atoms with Gasteiger partial charge in [0.25, 0.3) is 0 Å². The maximum atomic E-state index is 13.8. The molecule has 0 aliphatic heterocycles. The van der Waals surface area contributed by atoms with Crippen molar-refractivity contribution in [2.45, 2.75) is 19.4 Å². The number of pyridine rings is 2. The third-order valence-corrected chi connectivity index (χ3v) is 2.82. The molecular formula is C14H16FN3. The Morgan fingerprint density at radius 2 is 1.89 bits per heavy atom. The summed E-state index contributed by atoms with van der Waals surface area (Å²) in [7, 11) is 0. The zero-order valence-corrected chi connectivity index (χ0v) is 10.3. The Morgan fingerprint density at radius 3 is 2.56 bits per heavy atom. The highest BCUT2D eigenvalue weighted by Crippen LogP contribution is 2.20. The minimum absolute atomic E-state index is 0.0413. The van der Waals surface area contributed by atoms with E-state index in [4.69, 9.17) is 0 Å². The second-order valence-corrected chi connectivity index (χ2v) is 4.07. The molecule has 2 aromatic rings. The first kappa shape index (κ1) is 12.6. The summed E-state index contributed by atoms with van der Waals surface area (Å²) >= 11 is 0. The minimum Gasteiger partial charge on any atom is -0.310 e. The van der Waals surface area contributed by atoms with Gasteiger partial charge in [0.1, 0.15) is 5.82 Å². The fourth-order valence-electron chi connectivity index (χ4n) is 1.96. The maximum absolute atomic E-state index is 13.8. The highest BCUT2D eigenvalue weighted by molar-refractivity contribution is 5.21. The second kappa shape index (κ2) is 6.21. The summed E-state index contributed by atoms with van der Waals surface area (Å²) in [6.07, 6.45) is 7.11. The zero-order valence-electron chi connectivity index (χ0n) is 10.3. The van der Waals surface area contributed by atoms with Crippen LogP contribution in [-0.4, -0.2) is 16.5 Å². The van der Waals surface area contributed by atoms with E-state index in [1.807, 2.05) is 19.1 Å². The van der Waals surface area contributed by atoms with Crippen LogP contribution in [0.2, 0.25) is 0 Å². The van der Waals surface area contributed by atoms with Gasteiger partial charge in [-0.05, 0) is 36.7 Å². The Morgan fingerprint density at radius 1 is 1.17 bits per heavy atom. The molecule has 1 atom stereocenters. The van der Waals surface area contributed by atoms with Crippen LogP contribution in [0.25, 0.3) is 0 Å². The average Bonchev–Trinajstić information content (AvgIpc) is 2.40. The van der Waals surface area contributed by atoms with E-state index < -0.39 is 0 Å². The van der Waals surface area contributed by atoms with Crippen molar-refractivity contribution in [3.63, 3.8) is 0 Å². The Labute approximate surface area is 106 Å². The van der Waals surface area contributed by atoms with E-state index in [0.29, 0.717) is 5.56 Å². The van der Waals surface area contributed by atoms with E-state index in [-0.39, 0.29) is 11.9 Å². The first-order valence-electron chi connectivity index (χ1n) is 6.03. The van der Waals surface area contributed by atoms with Gasteiger partial charge in [-0.1, -0.05) is 6.92 Å². The third-order valence-electron chi connectivity index (χ3n) is 2.82. The monoisotopic (exact) mass is 245 g/mol. The van der Waals surface area contributed by atoms with Gasteiger partial charge in [-0.25, -0.2) is 4.39 Å². The molecule has 0 amide bonds. The van der Waals surface area contributed by atoms with Crippen LogP contribution >= 0.6 is 0 Å². The SMILES string of the molecule is CCNC(Cc1ccncc1)c1ccncc1F. The number of halogens is 1. The fraction of sp³-hybridized carbons (Fsp3) is 0.286. The third kappa shape index (κ3) is 3.11. The van der Waals surface area contributed by atoms with Crippen LogP contribution < -0.4 is 5.32 Å². The Bertz CT molecular complexity index is 487. The molecule has 0 bridgehead atoms. The molecule has 1 N–H and O–H groups in total. The van der Waals surface area contributed by atoms with Crippen molar-refractivity contribution in [3.8, 4) is 0 Å². The number of hydrogen-bond acceptors (Lipinski definition) is 3. The molecule has 2 rings (SSSR count). The van der Waals surface area contributed by atoms with Gasteiger partial charge in [0.2, 0.25) is 0 Å². The molecule has 1 unspecified atom stereocenters. The second-order valence-electron chi connectivity index (χ2n) is 4.07. The molecule has 0 aliphatic rings. The Balaban J connectivity index is 2.21. The molecule has 0 radical (unpaired) electrons. The summed E-state index contributed by atoms with van der Waals surface area (Å²) in [5, 5.41) is 3.30. The smallest absolute Gasteiger partial charge is 0.146 e. The summed E-state index contributed by atoms with van der Waals surface area (Å²) < 4.78 is 13.8. The highest BCUT2D eigenvalue weighted by atomic mass is 19.1. The molecule has 0 aromatic carbocycles. The van der Waals surface area contributed by atoms with Gasteiger partial charge < -0.3 is 5.32 Å². The van der Waals surface area contributed by atoms with E-state index in [9.17, 15) is 4.39 Å². The molecule has 0 fully saturated rings. The fourth-order valence-corrected chi connectivity index (χ4v) is 1.96. The number of rotatable bonds is 5. The molecule has 0 saturated heterocycles. The van der Waals surface area contributed by atoms with Gasteiger partial charge in [0, 0.05) is 30.2 Å². The first-order chi connectivity index (χ1) is 8.81. The van der Waals surface area contributed by atoms with Gasteiger partial charge in [-0.3, -0.25) is 9.97 Å². The largest absolute Gasteiger partial charge is 0.310 e. The number of hydrogen-bond donors (Lipinski definition) is 1. The van der Waals surface area contributed by atoms with Gasteiger partial charge in [0.15, 0.2) is 0 Å². The number of likely N-dealkylation sites (N-methyl/N-ethyl adjacent to an activating group) is 1. The van der Waals surface area contributed by atoms with Crippen molar-refractivity contribution in [1.82, 2.24) is 15.3 Å². The molecule has 2 aromatic heterocycles. The lowest BCUT2D eigenvalue weighted by Crippen LogP contribution is -2.24. The minimum atomic E-state index is -0.266. The van der Waals surface area contributed by atoms with Crippen molar-refractivity contribution in [3.05, 3.63) is 59.9 Å². The number of nitrogens with zero attached hydrogens (tertiary/aromatic N) is 2. The van der Waals surface area contributed by atoms with E-state index >= 15 is 0 Å². The van der Waals surface area contributed by atoms with Crippen LogP contribution in [0.4, 0.5) is 4.39 Å². The first-order valence-corrected chi connectivity index (χ1v) is 6.03. The van der Waals surface area contributed by atoms with Crippen LogP contribution in [0.3, 0.4) is 0 Å². The van der Waals surface area contributed by atoms with Crippen LogP contribution in [0.15, 0.2) is 43.0 Å². The lowest BCUT2D eigenvalue weighted by Gasteiger charge is -2.18. The van der Waals surface area contributed by atoms with Gasteiger partial charge in [0.05, 0.1) is 6.20 Å². The average molecular weight is 245 g/mol. The standard InChI is InChI=1S/C14H16FN3/c1-2-18-14(9-11-3-6-16-7-4-11)12-5-8-17-10-13(12)15/h3-8,10,14,18H,2,9H2,1H3. The predicted octanol–water partition coefficient (Wildman–Crippen LogP) is 2.51. The number of nitrogens with one attached hydrogen (secondary N) is 1. The molecule has 18 heavy (non-hydrogen) atoms. The lowest BCUT2D eigenvalue weighted by atomic mass is 10.00. The van der Waals surface area contributed by atoms with Crippen molar-refractivity contribution in [2.24, 2.45) is 0 Å². The summed E-state index contributed by atoms with van der Waals surface area (Å²) in [4.78, 5) is 7.77. The molecular weight excluding hydrogens is 229 g/mol. The molecule has 0 aliphatic carbocycles. The Hall–Kier alpha value is -1.81. The molecule has 2 heterocycles. The topological polar surface area (TPSA) is 37.8 Å². The van der Waals surface area contributed by atoms with Gasteiger partial charge >= 0.3 is 0 Å². The van der Waals surface area contributed by atoms with Crippen molar-refractivity contribution in [1.29, 1.82) is 0 Å². The lowest BCUT2D eigenvalue weighted by molar-refractivity contribution is 0.507.